The maximum Gasteiger partial charge on any atom is 0.132 e. The van der Waals surface area contributed by atoms with E-state index in [1.165, 1.54) is 107 Å². The van der Waals surface area contributed by atoms with Crippen LogP contribution < -0.4 is 4.74 Å². The number of rotatable bonds is 4. The summed E-state index contributed by atoms with van der Waals surface area (Å²) in [5.41, 5.74) is 14.9. The Bertz CT molecular complexity index is 3510. The van der Waals surface area contributed by atoms with Gasteiger partial charge in [-0.3, -0.25) is 0 Å². The van der Waals surface area contributed by atoms with E-state index in [4.69, 9.17) is 4.74 Å². The van der Waals surface area contributed by atoms with E-state index < -0.39 is 5.41 Å². The molecule has 2 aliphatic carbocycles. The quantitative estimate of drug-likeness (QED) is 0.161. The van der Waals surface area contributed by atoms with Crippen molar-refractivity contribution in [3.8, 4) is 22.6 Å². The van der Waals surface area contributed by atoms with E-state index in [1.54, 1.807) is 0 Å². The van der Waals surface area contributed by atoms with Gasteiger partial charge in [0, 0.05) is 57.0 Å². The van der Waals surface area contributed by atoms with Crippen molar-refractivity contribution < 1.29 is 4.74 Å². The molecule has 3 aliphatic rings. The summed E-state index contributed by atoms with van der Waals surface area (Å²) in [5.74, 6) is 2.16. The lowest BCUT2D eigenvalue weighted by atomic mass is 9.63. The molecule has 3 heteroatoms. The number of hydrogen-bond donors (Lipinski definition) is 0. The number of benzene rings is 8. The zero-order valence-corrected chi connectivity index (χ0v) is 35.1. The first-order chi connectivity index (χ1) is 30.1. The van der Waals surface area contributed by atoms with Gasteiger partial charge in [-0.05, 0) is 117 Å². The maximum absolute atomic E-state index is 6.74. The van der Waals surface area contributed by atoms with E-state index >= 15 is 0 Å². The summed E-state index contributed by atoms with van der Waals surface area (Å²) >= 11 is 3.78. The van der Waals surface area contributed by atoms with Gasteiger partial charge < -0.3 is 4.74 Å². The van der Waals surface area contributed by atoms with Gasteiger partial charge in [0.05, 0.1) is 5.41 Å². The molecule has 1 unspecified atom stereocenters. The van der Waals surface area contributed by atoms with Gasteiger partial charge in [-0.25, -0.2) is 0 Å². The molecule has 1 atom stereocenters. The molecule has 2 aromatic heterocycles. The van der Waals surface area contributed by atoms with Crippen LogP contribution in [0.5, 0.6) is 11.5 Å². The predicted octanol–water partition coefficient (Wildman–Crippen LogP) is 16.5. The lowest BCUT2D eigenvalue weighted by molar-refractivity contribution is 0.429. The van der Waals surface area contributed by atoms with Crippen LogP contribution in [0.3, 0.4) is 0 Å². The van der Waals surface area contributed by atoms with E-state index in [2.05, 4.69) is 201 Å². The molecule has 61 heavy (non-hydrogen) atoms. The monoisotopic (exact) mass is 814 g/mol. The van der Waals surface area contributed by atoms with Crippen molar-refractivity contribution in [3.63, 3.8) is 0 Å². The summed E-state index contributed by atoms with van der Waals surface area (Å²) in [6.07, 6.45) is 6.02. The van der Waals surface area contributed by atoms with Crippen LogP contribution in [0.2, 0.25) is 0 Å². The predicted molar refractivity (Wildman–Crippen MR) is 260 cm³/mol. The number of allylic oxidation sites excluding steroid dienone is 5. The highest BCUT2D eigenvalue weighted by Crippen LogP contribution is 2.65. The third-order valence-corrected chi connectivity index (χ3v) is 15.6. The fourth-order valence-corrected chi connectivity index (χ4v) is 13.1. The van der Waals surface area contributed by atoms with E-state index in [-0.39, 0.29) is 0 Å². The zero-order valence-electron chi connectivity index (χ0n) is 33.5. The molecule has 1 aliphatic heterocycles. The van der Waals surface area contributed by atoms with Crippen LogP contribution in [0.4, 0.5) is 0 Å². The van der Waals surface area contributed by atoms with E-state index in [9.17, 15) is 0 Å². The molecule has 0 amide bonds. The average Bonchev–Trinajstić information content (AvgIpc) is 3.96. The molecule has 0 fully saturated rings. The van der Waals surface area contributed by atoms with Crippen LogP contribution in [0, 0.1) is 5.92 Å². The van der Waals surface area contributed by atoms with Gasteiger partial charge in [0.2, 0.25) is 0 Å². The SMILES string of the molecule is CC1C=C(/C(=C\c2cc(-c3ccccc3)c3sc4ccccc4c3c2)c2ccc3sc4ccccc4c3c2)C2=C(C1)C1(c3ccccc3Oc3ccccc31)c1ccccc12. The average molecular weight is 815 g/mol. The molecule has 13 rings (SSSR count). The first kappa shape index (κ1) is 35.0. The minimum Gasteiger partial charge on any atom is -0.457 e. The molecule has 0 radical (unpaired) electrons. The summed E-state index contributed by atoms with van der Waals surface area (Å²) in [7, 11) is 0. The maximum atomic E-state index is 6.74. The van der Waals surface area contributed by atoms with Gasteiger partial charge in [0.15, 0.2) is 0 Å². The third kappa shape index (κ3) is 5.11. The minimum atomic E-state index is -0.487. The molecule has 288 valence electrons. The molecular formula is C58H38OS2. The van der Waals surface area contributed by atoms with Crippen molar-refractivity contribution in [2.24, 2.45) is 5.92 Å². The van der Waals surface area contributed by atoms with Crippen LogP contribution in [0.15, 0.2) is 199 Å². The van der Waals surface area contributed by atoms with Crippen molar-refractivity contribution in [2.75, 3.05) is 0 Å². The second kappa shape index (κ2) is 13.4. The summed E-state index contributed by atoms with van der Waals surface area (Å²) in [6, 6.07) is 67.4. The largest absolute Gasteiger partial charge is 0.457 e. The third-order valence-electron chi connectivity index (χ3n) is 13.3. The lowest BCUT2D eigenvalue weighted by Crippen LogP contribution is -2.34. The number of ether oxygens (including phenoxy) is 1. The molecule has 0 N–H and O–H groups in total. The molecule has 0 saturated heterocycles. The highest BCUT2D eigenvalue weighted by Gasteiger charge is 2.53. The van der Waals surface area contributed by atoms with Crippen LogP contribution in [0.25, 0.3) is 68.7 Å². The second-order valence-corrected chi connectivity index (χ2v) is 18.9. The molecule has 10 aromatic rings. The minimum absolute atomic E-state index is 0.291. The van der Waals surface area contributed by atoms with Gasteiger partial charge in [-0.2, -0.15) is 0 Å². The van der Waals surface area contributed by atoms with Gasteiger partial charge >= 0.3 is 0 Å². The Kier molecular flexibility index (Phi) is 7.67. The Balaban J connectivity index is 1.13. The molecule has 0 bridgehead atoms. The molecule has 8 aromatic carbocycles. The Morgan fingerprint density at radius 1 is 0.557 bits per heavy atom. The van der Waals surface area contributed by atoms with Gasteiger partial charge in [-0.1, -0.05) is 146 Å². The van der Waals surface area contributed by atoms with Gasteiger partial charge in [0.1, 0.15) is 11.5 Å². The number of hydrogen-bond acceptors (Lipinski definition) is 3. The Labute approximate surface area is 362 Å². The lowest BCUT2D eigenvalue weighted by Gasteiger charge is -2.42. The normalized spacial score (nSPS) is 16.4. The van der Waals surface area contributed by atoms with E-state index in [1.807, 2.05) is 22.7 Å². The first-order valence-corrected chi connectivity index (χ1v) is 22.8. The number of thiophene rings is 2. The molecule has 0 saturated carbocycles. The summed E-state index contributed by atoms with van der Waals surface area (Å²) in [4.78, 5) is 0. The highest BCUT2D eigenvalue weighted by molar-refractivity contribution is 7.26. The zero-order chi connectivity index (χ0) is 40.2. The standard InChI is InChI=1S/C58H38OS2/c1-35-29-45(56-41-19-5-8-20-47(41)58(50(56)30-35)48-21-9-11-23-51(48)59-52-24-12-10-22-49(52)58)42(38-27-28-55-44(34-38)39-17-6-13-25-53(39)60-55)31-36-32-43(37-15-3-2-4-16-37)57-46(33-36)40-18-7-14-26-54(40)61-57/h2-29,31-35H,30H2,1H3/b42-31-. The van der Waals surface area contributed by atoms with Crippen LogP contribution in [-0.4, -0.2) is 0 Å². The van der Waals surface area contributed by atoms with Crippen molar-refractivity contribution in [3.05, 3.63) is 233 Å². The smallest absolute Gasteiger partial charge is 0.132 e. The van der Waals surface area contributed by atoms with Crippen molar-refractivity contribution in [1.82, 2.24) is 0 Å². The van der Waals surface area contributed by atoms with Crippen LogP contribution in [0.1, 0.15) is 46.7 Å². The van der Waals surface area contributed by atoms with E-state index in [0.29, 0.717) is 5.92 Å². The van der Waals surface area contributed by atoms with E-state index in [0.717, 1.165) is 17.9 Å². The molecule has 3 heterocycles. The summed E-state index contributed by atoms with van der Waals surface area (Å²) in [5, 5.41) is 5.23. The van der Waals surface area contributed by atoms with Crippen LogP contribution in [-0.2, 0) is 5.41 Å². The molecule has 1 spiro atoms. The number of fused-ring (bicyclic) bond motifs is 14. The Hall–Kier alpha value is -6.78. The fourth-order valence-electron chi connectivity index (χ4n) is 10.8. The molecular weight excluding hydrogens is 777 g/mol. The first-order valence-electron chi connectivity index (χ1n) is 21.2. The van der Waals surface area contributed by atoms with Crippen LogP contribution >= 0.6 is 22.7 Å². The van der Waals surface area contributed by atoms with Gasteiger partial charge in [0.25, 0.3) is 0 Å². The Morgan fingerprint density at radius 2 is 1.18 bits per heavy atom. The fraction of sp³-hybridized carbons (Fsp3) is 0.0690. The Morgan fingerprint density at radius 3 is 1.95 bits per heavy atom. The topological polar surface area (TPSA) is 9.23 Å². The van der Waals surface area contributed by atoms with Crippen molar-refractivity contribution >= 4 is 80.2 Å². The summed E-state index contributed by atoms with van der Waals surface area (Å²) < 4.78 is 12.0. The number of para-hydroxylation sites is 2. The van der Waals surface area contributed by atoms with Gasteiger partial charge in [-0.15, -0.1) is 22.7 Å². The summed E-state index contributed by atoms with van der Waals surface area (Å²) in [6.45, 7) is 2.40. The second-order valence-electron chi connectivity index (χ2n) is 16.8. The highest BCUT2D eigenvalue weighted by atomic mass is 32.1. The van der Waals surface area contributed by atoms with Crippen molar-refractivity contribution in [2.45, 2.75) is 18.8 Å². The van der Waals surface area contributed by atoms with Crippen molar-refractivity contribution in [1.29, 1.82) is 0 Å². The molecule has 1 nitrogen and oxygen atoms in total.